The Morgan fingerprint density at radius 2 is 1.93 bits per heavy atom. The minimum absolute atomic E-state index is 0.144. The molecule has 0 unspecified atom stereocenters. The molecule has 5 heteroatoms. The third kappa shape index (κ3) is 3.21. The SMILES string of the molecule is CC(C)CNS(=O)(=O)c1ccccc1N. The van der Waals surface area contributed by atoms with Gasteiger partial charge in [0.15, 0.2) is 0 Å². The van der Waals surface area contributed by atoms with Crippen LogP contribution in [0.5, 0.6) is 0 Å². The number of nitrogen functional groups attached to an aromatic ring is 1. The first-order valence-electron chi connectivity index (χ1n) is 4.77. The molecular formula is C10H16N2O2S. The van der Waals surface area contributed by atoms with E-state index >= 15 is 0 Å². The molecule has 3 N–H and O–H groups in total. The summed E-state index contributed by atoms with van der Waals surface area (Å²) < 4.78 is 26.0. The lowest BCUT2D eigenvalue weighted by Crippen LogP contribution is -2.28. The molecule has 4 nitrogen and oxygen atoms in total. The predicted molar refractivity (Wildman–Crippen MR) is 60.9 cm³/mol. The van der Waals surface area contributed by atoms with Crippen LogP contribution in [0.25, 0.3) is 0 Å². The molecule has 0 atom stereocenters. The second-order valence-electron chi connectivity index (χ2n) is 3.78. The number of nitrogens with one attached hydrogen (secondary N) is 1. The number of nitrogens with two attached hydrogens (primary N) is 1. The van der Waals surface area contributed by atoms with Gasteiger partial charge in [0.25, 0.3) is 0 Å². The van der Waals surface area contributed by atoms with Gasteiger partial charge in [0.2, 0.25) is 10.0 Å². The first-order valence-corrected chi connectivity index (χ1v) is 6.26. The van der Waals surface area contributed by atoms with Crippen LogP contribution in [-0.4, -0.2) is 15.0 Å². The lowest BCUT2D eigenvalue weighted by atomic mass is 10.2. The molecule has 0 amide bonds. The van der Waals surface area contributed by atoms with Gasteiger partial charge in [-0.15, -0.1) is 0 Å². The lowest BCUT2D eigenvalue weighted by molar-refractivity contribution is 0.560. The molecule has 0 saturated heterocycles. The zero-order valence-corrected chi connectivity index (χ0v) is 9.71. The Morgan fingerprint density at radius 1 is 1.33 bits per heavy atom. The van der Waals surface area contributed by atoms with Crippen LogP contribution < -0.4 is 10.5 Å². The van der Waals surface area contributed by atoms with E-state index in [0.29, 0.717) is 6.54 Å². The van der Waals surface area contributed by atoms with Crippen LogP contribution in [0.4, 0.5) is 5.69 Å². The van der Waals surface area contributed by atoms with Crippen molar-refractivity contribution in [3.05, 3.63) is 24.3 Å². The molecule has 1 aromatic rings. The summed E-state index contributed by atoms with van der Waals surface area (Å²) in [5.41, 5.74) is 5.87. The lowest BCUT2D eigenvalue weighted by Gasteiger charge is -2.10. The molecule has 0 bridgehead atoms. The average Bonchev–Trinajstić information content (AvgIpc) is 2.15. The van der Waals surface area contributed by atoms with Crippen molar-refractivity contribution in [3.8, 4) is 0 Å². The Kier molecular flexibility index (Phi) is 3.71. The largest absolute Gasteiger partial charge is 0.398 e. The maximum Gasteiger partial charge on any atom is 0.242 e. The van der Waals surface area contributed by atoms with Gasteiger partial charge in [-0.05, 0) is 18.1 Å². The molecule has 0 aliphatic rings. The highest BCUT2D eigenvalue weighted by Crippen LogP contribution is 2.16. The number of benzene rings is 1. The first kappa shape index (κ1) is 12.0. The highest BCUT2D eigenvalue weighted by molar-refractivity contribution is 7.89. The van der Waals surface area contributed by atoms with Crippen LogP contribution in [0.3, 0.4) is 0 Å². The zero-order valence-electron chi connectivity index (χ0n) is 8.90. The quantitative estimate of drug-likeness (QED) is 0.761. The van der Waals surface area contributed by atoms with E-state index in [4.69, 9.17) is 5.73 Å². The molecular weight excluding hydrogens is 212 g/mol. The van der Waals surface area contributed by atoms with Crippen molar-refractivity contribution in [3.63, 3.8) is 0 Å². The zero-order chi connectivity index (χ0) is 11.5. The van der Waals surface area contributed by atoms with Crippen molar-refractivity contribution in [1.82, 2.24) is 4.72 Å². The van der Waals surface area contributed by atoms with Crippen LogP contribution in [0.1, 0.15) is 13.8 Å². The van der Waals surface area contributed by atoms with E-state index in [0.717, 1.165) is 0 Å². The summed E-state index contributed by atoms with van der Waals surface area (Å²) in [6, 6.07) is 6.43. The normalized spacial score (nSPS) is 11.9. The van der Waals surface area contributed by atoms with E-state index in [9.17, 15) is 8.42 Å². The summed E-state index contributed by atoms with van der Waals surface area (Å²) in [7, 11) is -3.46. The van der Waals surface area contributed by atoms with Crippen LogP contribution in [0.2, 0.25) is 0 Å². The molecule has 15 heavy (non-hydrogen) atoms. The third-order valence-corrected chi connectivity index (χ3v) is 3.39. The fourth-order valence-electron chi connectivity index (χ4n) is 1.08. The summed E-state index contributed by atoms with van der Waals surface area (Å²) >= 11 is 0. The topological polar surface area (TPSA) is 72.2 Å². The standard InChI is InChI=1S/C10H16N2O2S/c1-8(2)7-12-15(13,14)10-6-4-3-5-9(10)11/h3-6,8,12H,7,11H2,1-2H3. The van der Waals surface area contributed by atoms with Crippen molar-refractivity contribution in [1.29, 1.82) is 0 Å². The van der Waals surface area contributed by atoms with Crippen molar-refractivity contribution in [2.45, 2.75) is 18.7 Å². The van der Waals surface area contributed by atoms with Crippen LogP contribution in [0, 0.1) is 5.92 Å². The maximum absolute atomic E-state index is 11.8. The van der Waals surface area contributed by atoms with Crippen molar-refractivity contribution < 1.29 is 8.42 Å². The second kappa shape index (κ2) is 4.63. The number of rotatable bonds is 4. The van der Waals surface area contributed by atoms with Gasteiger partial charge >= 0.3 is 0 Å². The van der Waals surface area contributed by atoms with Gasteiger partial charge in [0.1, 0.15) is 4.90 Å². The van der Waals surface area contributed by atoms with Crippen LogP contribution >= 0.6 is 0 Å². The molecule has 0 aliphatic carbocycles. The molecule has 1 rings (SSSR count). The van der Waals surface area contributed by atoms with Gasteiger partial charge in [-0.25, -0.2) is 13.1 Å². The maximum atomic E-state index is 11.8. The highest BCUT2D eigenvalue weighted by Gasteiger charge is 2.16. The highest BCUT2D eigenvalue weighted by atomic mass is 32.2. The molecule has 0 radical (unpaired) electrons. The molecule has 0 aliphatic heterocycles. The van der Waals surface area contributed by atoms with E-state index in [1.54, 1.807) is 18.2 Å². The van der Waals surface area contributed by atoms with Crippen molar-refractivity contribution >= 4 is 15.7 Å². The van der Waals surface area contributed by atoms with E-state index in [1.165, 1.54) is 6.07 Å². The summed E-state index contributed by atoms with van der Waals surface area (Å²) in [4.78, 5) is 0.144. The number of anilines is 1. The summed E-state index contributed by atoms with van der Waals surface area (Å²) in [5.74, 6) is 0.268. The Balaban J connectivity index is 2.92. The Hall–Kier alpha value is -1.07. The Morgan fingerprint density at radius 3 is 2.47 bits per heavy atom. The van der Waals surface area contributed by atoms with Crippen LogP contribution in [0.15, 0.2) is 29.2 Å². The van der Waals surface area contributed by atoms with Gasteiger partial charge in [-0.1, -0.05) is 26.0 Å². The van der Waals surface area contributed by atoms with E-state index in [1.807, 2.05) is 13.8 Å². The molecule has 0 aromatic heterocycles. The second-order valence-corrected chi connectivity index (χ2v) is 5.52. The smallest absolute Gasteiger partial charge is 0.242 e. The van der Waals surface area contributed by atoms with Crippen molar-refractivity contribution in [2.75, 3.05) is 12.3 Å². The number of sulfonamides is 1. The molecule has 84 valence electrons. The van der Waals surface area contributed by atoms with Crippen molar-refractivity contribution in [2.24, 2.45) is 5.92 Å². The number of hydrogen-bond acceptors (Lipinski definition) is 3. The molecule has 0 spiro atoms. The van der Waals surface area contributed by atoms with E-state index in [2.05, 4.69) is 4.72 Å². The number of para-hydroxylation sites is 1. The van der Waals surface area contributed by atoms with Gasteiger partial charge in [0, 0.05) is 6.54 Å². The monoisotopic (exact) mass is 228 g/mol. The fraction of sp³-hybridized carbons (Fsp3) is 0.400. The number of hydrogen-bond donors (Lipinski definition) is 2. The first-order chi connectivity index (χ1) is 6.93. The Bertz CT molecular complexity index is 427. The average molecular weight is 228 g/mol. The fourth-order valence-corrected chi connectivity index (χ4v) is 2.42. The molecule has 0 saturated carbocycles. The van der Waals surface area contributed by atoms with Gasteiger partial charge < -0.3 is 5.73 Å². The van der Waals surface area contributed by atoms with Gasteiger partial charge in [-0.3, -0.25) is 0 Å². The third-order valence-electron chi connectivity index (χ3n) is 1.89. The van der Waals surface area contributed by atoms with E-state index in [-0.39, 0.29) is 16.5 Å². The van der Waals surface area contributed by atoms with Gasteiger partial charge in [-0.2, -0.15) is 0 Å². The molecule has 0 fully saturated rings. The predicted octanol–water partition coefficient (Wildman–Crippen LogP) is 1.20. The Labute approximate surface area is 90.5 Å². The van der Waals surface area contributed by atoms with E-state index < -0.39 is 10.0 Å². The minimum atomic E-state index is -3.46. The summed E-state index contributed by atoms with van der Waals surface area (Å²) in [5, 5.41) is 0. The minimum Gasteiger partial charge on any atom is -0.398 e. The molecule has 0 heterocycles. The van der Waals surface area contributed by atoms with Crippen LogP contribution in [-0.2, 0) is 10.0 Å². The van der Waals surface area contributed by atoms with Gasteiger partial charge in [0.05, 0.1) is 5.69 Å². The summed E-state index contributed by atoms with van der Waals surface area (Å²) in [6.07, 6.45) is 0. The molecule has 1 aromatic carbocycles. The summed E-state index contributed by atoms with van der Waals surface area (Å²) in [6.45, 7) is 4.30.